The number of hydrogen-bond acceptors (Lipinski definition) is 16. The SMILES string of the molecule is CC(=O)[C@@H](NC(=O)CNC(=O)C(=O)C(NC(=O)[C@@H]1[C@@H]2[C@H](CN1C(=O)[C@@H](NC(=O)OCC(C)C)C1CCCCC1)C2(C)C)C1CC1C)c1ccccc1.CCCC(NC(=O)[C@@H]1[C@H]2[C@H](C)[C@H]2CN1C(=O)[C@@H](NC(=O)OCC(C)C)C1CCCCC1)C(=O)C(=O)NCC(=O)N[C@H](C(C)=O)c1ccccc1. The van der Waals surface area contributed by atoms with Crippen LogP contribution in [0.2, 0.25) is 0 Å². The fourth-order valence-electron chi connectivity index (χ4n) is 15.8. The van der Waals surface area contributed by atoms with Gasteiger partial charge >= 0.3 is 12.2 Å². The minimum Gasteiger partial charge on any atom is -0.449 e. The highest BCUT2D eigenvalue weighted by molar-refractivity contribution is 6.39. The fourth-order valence-corrected chi connectivity index (χ4v) is 15.8. The number of Topliss-reactive ketones (excluding diaryl/α,β-unsaturated/α-hetero) is 4. The monoisotopic (exact) mass is 1420 g/mol. The van der Waals surface area contributed by atoms with Crippen molar-refractivity contribution >= 4 is 82.6 Å². The summed E-state index contributed by atoms with van der Waals surface area (Å²) in [5.74, 6) is -7.46. The number of piperidine rings is 2. The van der Waals surface area contributed by atoms with Crippen LogP contribution in [0.1, 0.15) is 183 Å². The van der Waals surface area contributed by atoms with Gasteiger partial charge in [-0.3, -0.25) is 57.5 Å². The first kappa shape index (κ1) is 79.1. The van der Waals surface area contributed by atoms with E-state index in [2.05, 4.69) is 56.4 Å². The highest BCUT2D eigenvalue weighted by Crippen LogP contribution is 2.65. The number of hydrogen-bond donors (Lipinski definition) is 8. The molecule has 2 heterocycles. The topological polar surface area (TPSA) is 360 Å². The zero-order valence-corrected chi connectivity index (χ0v) is 61.1. The van der Waals surface area contributed by atoms with Crippen molar-refractivity contribution in [3.8, 4) is 0 Å². The van der Waals surface area contributed by atoms with Gasteiger partial charge in [-0.2, -0.15) is 0 Å². The van der Waals surface area contributed by atoms with Gasteiger partial charge in [0.2, 0.25) is 47.0 Å². The molecule has 7 aliphatic rings. The van der Waals surface area contributed by atoms with E-state index in [4.69, 9.17) is 9.47 Å². The second kappa shape index (κ2) is 35.5. The number of nitrogens with zero attached hydrogens (tertiary/aromatic N) is 2. The van der Waals surface area contributed by atoms with Crippen molar-refractivity contribution in [3.05, 3.63) is 71.8 Å². The molecule has 4 unspecified atom stereocenters. The van der Waals surface area contributed by atoms with E-state index in [1.165, 1.54) is 13.8 Å². The third kappa shape index (κ3) is 20.2. The minimum absolute atomic E-state index is 0.0672. The molecule has 5 saturated carbocycles. The molecule has 9 rings (SSSR count). The van der Waals surface area contributed by atoms with Gasteiger partial charge in [-0.05, 0) is 134 Å². The average Bonchev–Trinajstić information content (AvgIpc) is 1.53. The first-order valence-corrected chi connectivity index (χ1v) is 36.9. The Bertz CT molecular complexity index is 3390. The molecule has 0 radical (unpaired) electrons. The Labute approximate surface area is 598 Å². The summed E-state index contributed by atoms with van der Waals surface area (Å²) in [6.45, 7) is 20.3. The Morgan fingerprint density at radius 3 is 1.39 bits per heavy atom. The van der Waals surface area contributed by atoms with Crippen LogP contribution >= 0.6 is 0 Å². The van der Waals surface area contributed by atoms with E-state index < -0.39 is 121 Å². The van der Waals surface area contributed by atoms with Crippen LogP contribution in [0, 0.1) is 70.5 Å². The van der Waals surface area contributed by atoms with Crippen molar-refractivity contribution in [2.24, 2.45) is 70.5 Å². The summed E-state index contributed by atoms with van der Waals surface area (Å²) in [6, 6.07) is 9.78. The van der Waals surface area contributed by atoms with Crippen molar-refractivity contribution in [2.45, 2.75) is 208 Å². The van der Waals surface area contributed by atoms with E-state index in [9.17, 15) is 67.1 Å². The number of nitrogens with one attached hydrogen (secondary N) is 8. The molecule has 26 nitrogen and oxygen atoms in total. The lowest BCUT2D eigenvalue weighted by molar-refractivity contribution is -0.145. The van der Waals surface area contributed by atoms with Crippen LogP contribution in [-0.2, 0) is 67.0 Å². The molecule has 558 valence electrons. The van der Waals surface area contributed by atoms with Gasteiger partial charge in [0, 0.05) is 13.1 Å². The van der Waals surface area contributed by atoms with E-state index in [1.807, 2.05) is 48.5 Å². The summed E-state index contributed by atoms with van der Waals surface area (Å²) in [5, 5.41) is 21.1. The average molecular weight is 1420 g/mol. The highest BCUT2D eigenvalue weighted by atomic mass is 16.6. The van der Waals surface area contributed by atoms with E-state index in [1.54, 1.807) is 70.5 Å². The number of alkyl carbamates (subject to hydrolysis) is 2. The number of benzene rings is 2. The van der Waals surface area contributed by atoms with Gasteiger partial charge in [0.15, 0.2) is 11.6 Å². The summed E-state index contributed by atoms with van der Waals surface area (Å²) in [4.78, 5) is 188. The predicted octanol–water partition coefficient (Wildman–Crippen LogP) is 5.90. The summed E-state index contributed by atoms with van der Waals surface area (Å²) in [6.07, 6.45) is 8.93. The maximum Gasteiger partial charge on any atom is 0.407 e. The van der Waals surface area contributed by atoms with Gasteiger partial charge in [-0.1, -0.05) is 168 Å². The van der Waals surface area contributed by atoms with Crippen LogP contribution in [0.5, 0.6) is 0 Å². The molecule has 102 heavy (non-hydrogen) atoms. The number of ether oxygens (including phenoxy) is 2. The number of likely N-dealkylation sites (tertiary alicyclic amines) is 2. The van der Waals surface area contributed by atoms with Gasteiger partial charge in [-0.25, -0.2) is 9.59 Å². The van der Waals surface area contributed by atoms with Crippen LogP contribution in [0.15, 0.2) is 60.7 Å². The summed E-state index contributed by atoms with van der Waals surface area (Å²) >= 11 is 0. The maximum atomic E-state index is 14.4. The Morgan fingerprint density at radius 1 is 0.539 bits per heavy atom. The summed E-state index contributed by atoms with van der Waals surface area (Å²) in [7, 11) is 0. The molecule has 0 spiro atoms. The molecular weight excluding hydrogens is 1310 g/mol. The highest BCUT2D eigenvalue weighted by Gasteiger charge is 2.70. The van der Waals surface area contributed by atoms with E-state index >= 15 is 0 Å². The molecule has 26 heteroatoms. The third-order valence-corrected chi connectivity index (χ3v) is 21.8. The van der Waals surface area contributed by atoms with Gasteiger partial charge in [0.05, 0.1) is 32.3 Å². The van der Waals surface area contributed by atoms with Crippen LogP contribution in [-0.4, -0.2) is 168 Å². The molecule has 2 saturated heterocycles. The second-order valence-electron chi connectivity index (χ2n) is 30.8. The number of carbonyl (C=O) groups is 14. The van der Waals surface area contributed by atoms with Gasteiger partial charge in [0.1, 0.15) is 42.3 Å². The normalized spacial score (nSPS) is 24.7. The van der Waals surface area contributed by atoms with Gasteiger partial charge in [-0.15, -0.1) is 0 Å². The molecule has 10 amide bonds. The maximum absolute atomic E-state index is 14.4. The molecule has 0 bridgehead atoms. The predicted molar refractivity (Wildman–Crippen MR) is 375 cm³/mol. The molecule has 7 fully saturated rings. The first-order chi connectivity index (χ1) is 48.4. The lowest BCUT2D eigenvalue weighted by Gasteiger charge is -2.37. The molecule has 2 aromatic carbocycles. The fraction of sp³-hybridized carbons (Fsp3) is 0.658. The smallest absolute Gasteiger partial charge is 0.407 e. The lowest BCUT2D eigenvalue weighted by atomic mass is 9.83. The molecule has 8 N–H and O–H groups in total. The number of fused-ring (bicyclic) bond motifs is 2. The Morgan fingerprint density at radius 2 is 0.971 bits per heavy atom. The third-order valence-electron chi connectivity index (χ3n) is 21.8. The number of ketones is 4. The quantitative estimate of drug-likeness (QED) is 0.0407. The molecule has 15 atom stereocenters. The van der Waals surface area contributed by atoms with Gasteiger partial charge in [0.25, 0.3) is 11.8 Å². The number of rotatable bonds is 31. The molecule has 5 aliphatic carbocycles. The van der Waals surface area contributed by atoms with Crippen LogP contribution in [0.4, 0.5) is 9.59 Å². The largest absolute Gasteiger partial charge is 0.449 e. The molecule has 2 aliphatic heterocycles. The first-order valence-electron chi connectivity index (χ1n) is 36.9. The van der Waals surface area contributed by atoms with Crippen LogP contribution in [0.25, 0.3) is 0 Å². The summed E-state index contributed by atoms with van der Waals surface area (Å²) in [5.41, 5.74) is 0.959. The summed E-state index contributed by atoms with van der Waals surface area (Å²) < 4.78 is 10.7. The second-order valence-corrected chi connectivity index (χ2v) is 30.8. The van der Waals surface area contributed by atoms with Crippen LogP contribution < -0.4 is 42.5 Å². The van der Waals surface area contributed by atoms with Crippen LogP contribution in [0.3, 0.4) is 0 Å². The van der Waals surface area contributed by atoms with Crippen molar-refractivity contribution in [3.63, 3.8) is 0 Å². The molecule has 0 aromatic heterocycles. The van der Waals surface area contributed by atoms with E-state index in [-0.39, 0.29) is 114 Å². The van der Waals surface area contributed by atoms with Crippen molar-refractivity contribution in [1.82, 2.24) is 52.3 Å². The van der Waals surface area contributed by atoms with Crippen molar-refractivity contribution < 1.29 is 76.6 Å². The van der Waals surface area contributed by atoms with Crippen molar-refractivity contribution in [2.75, 3.05) is 39.4 Å². The number of amides is 10. The molecule has 2 aromatic rings. The van der Waals surface area contributed by atoms with Crippen molar-refractivity contribution in [1.29, 1.82) is 0 Å². The Kier molecular flexibility index (Phi) is 27.6. The number of carbonyl (C=O) groups excluding carboxylic acids is 14. The van der Waals surface area contributed by atoms with E-state index in [0.29, 0.717) is 37.1 Å². The Balaban J connectivity index is 0.000000259. The lowest BCUT2D eigenvalue weighted by Crippen LogP contribution is -2.60. The Hall–Kier alpha value is -8.58. The molecular formula is C76H108N10O16. The zero-order chi connectivity index (χ0) is 74.4. The minimum atomic E-state index is -1.17. The van der Waals surface area contributed by atoms with Gasteiger partial charge < -0.3 is 61.8 Å². The standard InChI is InChI=1S/C39H55N5O8.C37H53N5O8/c1-21(2)20-52-38(51)43-31(25-15-11-8-12-16-25)37(50)44-19-27-29(39(27,5)6)33(44)35(48)42-32(26-17-22(26)3)34(47)36(49)40-18-28(46)41-30(23(4)45)24-13-9-7-10-14-24;1-6-13-27(33(45)35(47)38-18-28(44)40-30(23(5)43)24-14-9-7-10-15-24)39-34(46)32-29-22(4)26(29)19-42(32)36(48)31(25-16-11-8-12-17-25)41-37(49)50-20-21(2)3/h7,9-10,13-14,21-22,25-27,29-33H,8,11-12,15-20H2,1-6H3,(H,40,49)(H,41,46)(H,42,48)(H,43,51);7,9-10,14-15,21-22,25-27,29-32H,6,8,11-13,16-20H2,1-5H3,(H,38,47)(H,39,46)(H,40,44)(H,41,49)/t22?,26?,27-,29-,30+,31-,32?,33-;22-,26-,27?,29+,30-,31+,32+/m01/s1. The zero-order valence-electron chi connectivity index (χ0n) is 61.1. The van der Waals surface area contributed by atoms with E-state index in [0.717, 1.165) is 64.2 Å².